The Bertz CT molecular complexity index is 1130. The van der Waals surface area contributed by atoms with Crippen molar-refractivity contribution >= 4 is 43.6 Å². The molecule has 6 heteroatoms. The summed E-state index contributed by atoms with van der Waals surface area (Å²) in [6, 6.07) is 13.9. The lowest BCUT2D eigenvalue weighted by Crippen LogP contribution is -2.49. The minimum Gasteiger partial charge on any atom is -0.361 e. The molecule has 1 amide bonds. The first kappa shape index (κ1) is 15.7. The van der Waals surface area contributed by atoms with Gasteiger partial charge in [0.2, 0.25) is 5.91 Å². The van der Waals surface area contributed by atoms with Gasteiger partial charge in [-0.25, -0.2) is 0 Å². The van der Waals surface area contributed by atoms with Crippen LogP contribution in [0.2, 0.25) is 0 Å². The number of benzene rings is 2. The number of hydrogen-bond acceptors (Lipinski definition) is 2. The zero-order chi connectivity index (χ0) is 17.7. The summed E-state index contributed by atoms with van der Waals surface area (Å²) < 4.78 is 1.04. The van der Waals surface area contributed by atoms with Crippen molar-refractivity contribution in [3.8, 4) is 0 Å². The molecule has 0 bridgehead atoms. The molecule has 3 heterocycles. The first-order chi connectivity index (χ1) is 12.7. The lowest BCUT2D eigenvalue weighted by Gasteiger charge is -2.31. The molecule has 0 unspecified atom stereocenters. The number of aromatic amines is 2. The smallest absolute Gasteiger partial charge is 0.241 e. The molecule has 2 atom stereocenters. The predicted octanol–water partition coefficient (Wildman–Crippen LogP) is 3.91. The number of piperazine rings is 1. The Morgan fingerprint density at radius 3 is 2.62 bits per heavy atom. The van der Waals surface area contributed by atoms with E-state index in [9.17, 15) is 4.79 Å². The molecule has 5 rings (SSSR count). The van der Waals surface area contributed by atoms with E-state index in [1.165, 1.54) is 5.39 Å². The molecule has 2 aromatic heterocycles. The largest absolute Gasteiger partial charge is 0.361 e. The van der Waals surface area contributed by atoms with Gasteiger partial charge < -0.3 is 15.3 Å². The molecule has 4 N–H and O–H groups in total. The summed E-state index contributed by atoms with van der Waals surface area (Å²) in [6.07, 6.45) is 3.95. The number of halogens is 1. The van der Waals surface area contributed by atoms with Crippen LogP contribution in [0.25, 0.3) is 21.8 Å². The predicted molar refractivity (Wildman–Crippen MR) is 106 cm³/mol. The third-order valence-corrected chi connectivity index (χ3v) is 5.59. The molecule has 1 fully saturated rings. The average molecular weight is 409 g/mol. The molecule has 0 aliphatic carbocycles. The zero-order valence-corrected chi connectivity index (χ0v) is 15.4. The van der Waals surface area contributed by atoms with E-state index < -0.39 is 0 Å². The van der Waals surface area contributed by atoms with Gasteiger partial charge in [-0.1, -0.05) is 40.2 Å². The van der Waals surface area contributed by atoms with Gasteiger partial charge in [0.05, 0.1) is 6.04 Å². The van der Waals surface area contributed by atoms with E-state index in [0.717, 1.165) is 32.0 Å². The Hall–Kier alpha value is -2.57. The average Bonchev–Trinajstić information content (AvgIpc) is 3.26. The minimum absolute atomic E-state index is 0.00795. The van der Waals surface area contributed by atoms with Gasteiger partial charge in [-0.3, -0.25) is 10.1 Å². The fourth-order valence-electron chi connectivity index (χ4n) is 3.81. The Morgan fingerprint density at radius 1 is 0.923 bits per heavy atom. The molecule has 1 aliphatic heterocycles. The highest BCUT2D eigenvalue weighted by Crippen LogP contribution is 2.32. The van der Waals surface area contributed by atoms with Crippen molar-refractivity contribution in [1.82, 2.24) is 20.6 Å². The van der Waals surface area contributed by atoms with Crippen LogP contribution in [0.15, 0.2) is 59.3 Å². The van der Waals surface area contributed by atoms with Gasteiger partial charge in [0.15, 0.2) is 0 Å². The highest BCUT2D eigenvalue weighted by Gasteiger charge is 2.32. The molecule has 5 nitrogen and oxygen atoms in total. The molecule has 1 saturated heterocycles. The van der Waals surface area contributed by atoms with Crippen molar-refractivity contribution in [2.45, 2.75) is 12.1 Å². The SMILES string of the molecule is O=C1NC[C@H](c2c[nH]c3cc(Br)ccc23)N[C@@H]1c1c[nH]c2ccccc12. The summed E-state index contributed by atoms with van der Waals surface area (Å²) in [5.74, 6) is 0.00795. The van der Waals surface area contributed by atoms with Crippen LogP contribution >= 0.6 is 15.9 Å². The standard InChI is InChI=1S/C20H17BrN4O/c21-11-5-6-13-14(8-23-17(13)7-11)18-10-24-20(26)19(25-18)15-9-22-16-4-2-1-3-12(15)16/h1-9,18-19,22-23,25H,10H2,(H,24,26)/t18-,19-/m1/s1. The maximum atomic E-state index is 12.6. The van der Waals surface area contributed by atoms with Crippen LogP contribution in [-0.2, 0) is 4.79 Å². The van der Waals surface area contributed by atoms with E-state index in [0.29, 0.717) is 6.54 Å². The molecule has 4 aromatic rings. The summed E-state index contributed by atoms with van der Waals surface area (Å²) in [7, 11) is 0. The van der Waals surface area contributed by atoms with E-state index in [-0.39, 0.29) is 18.0 Å². The summed E-state index contributed by atoms with van der Waals surface area (Å²) in [6.45, 7) is 0.570. The van der Waals surface area contributed by atoms with Crippen molar-refractivity contribution in [3.05, 3.63) is 70.5 Å². The second kappa shape index (κ2) is 6.00. The zero-order valence-electron chi connectivity index (χ0n) is 13.8. The second-order valence-electron chi connectivity index (χ2n) is 6.62. The van der Waals surface area contributed by atoms with Crippen molar-refractivity contribution < 1.29 is 4.79 Å². The Kier molecular flexibility index (Phi) is 3.62. The lowest BCUT2D eigenvalue weighted by molar-refractivity contribution is -0.125. The Labute approximate surface area is 158 Å². The van der Waals surface area contributed by atoms with Crippen molar-refractivity contribution in [1.29, 1.82) is 0 Å². The van der Waals surface area contributed by atoms with E-state index in [4.69, 9.17) is 0 Å². The first-order valence-electron chi connectivity index (χ1n) is 8.57. The summed E-state index contributed by atoms with van der Waals surface area (Å²) in [4.78, 5) is 19.1. The monoisotopic (exact) mass is 408 g/mol. The number of nitrogens with one attached hydrogen (secondary N) is 4. The van der Waals surface area contributed by atoms with E-state index >= 15 is 0 Å². The number of carbonyl (C=O) groups excluding carboxylic acids is 1. The molecule has 0 saturated carbocycles. The van der Waals surface area contributed by atoms with Gasteiger partial charge in [-0.2, -0.15) is 0 Å². The first-order valence-corrected chi connectivity index (χ1v) is 9.36. The van der Waals surface area contributed by atoms with Crippen LogP contribution in [-0.4, -0.2) is 22.4 Å². The minimum atomic E-state index is -0.384. The van der Waals surface area contributed by atoms with Crippen LogP contribution in [0.5, 0.6) is 0 Å². The number of aromatic nitrogens is 2. The molecule has 0 spiro atoms. The number of hydrogen-bond donors (Lipinski definition) is 4. The van der Waals surface area contributed by atoms with Gasteiger partial charge in [0.25, 0.3) is 0 Å². The highest BCUT2D eigenvalue weighted by atomic mass is 79.9. The fraction of sp³-hybridized carbons (Fsp3) is 0.150. The van der Waals surface area contributed by atoms with Crippen molar-refractivity contribution in [3.63, 3.8) is 0 Å². The molecule has 1 aliphatic rings. The van der Waals surface area contributed by atoms with Gasteiger partial charge in [0.1, 0.15) is 6.04 Å². The lowest BCUT2D eigenvalue weighted by atomic mass is 9.98. The van der Waals surface area contributed by atoms with Crippen LogP contribution in [0.3, 0.4) is 0 Å². The summed E-state index contributed by atoms with van der Waals surface area (Å²) >= 11 is 3.51. The van der Waals surface area contributed by atoms with Crippen LogP contribution in [0, 0.1) is 0 Å². The van der Waals surface area contributed by atoms with Crippen LogP contribution in [0.4, 0.5) is 0 Å². The third-order valence-electron chi connectivity index (χ3n) is 5.09. The number of fused-ring (bicyclic) bond motifs is 2. The summed E-state index contributed by atoms with van der Waals surface area (Å²) in [5, 5.41) is 8.84. The Balaban J connectivity index is 1.53. The topological polar surface area (TPSA) is 72.7 Å². The maximum Gasteiger partial charge on any atom is 0.241 e. The van der Waals surface area contributed by atoms with Gasteiger partial charge in [-0.05, 0) is 23.8 Å². The van der Waals surface area contributed by atoms with E-state index in [2.05, 4.69) is 48.7 Å². The van der Waals surface area contributed by atoms with E-state index in [1.807, 2.05) is 42.7 Å². The van der Waals surface area contributed by atoms with Gasteiger partial charge in [-0.15, -0.1) is 0 Å². The second-order valence-corrected chi connectivity index (χ2v) is 7.54. The molecular formula is C20H17BrN4O. The highest BCUT2D eigenvalue weighted by molar-refractivity contribution is 9.10. The van der Waals surface area contributed by atoms with Gasteiger partial charge >= 0.3 is 0 Å². The molecule has 0 radical (unpaired) electrons. The van der Waals surface area contributed by atoms with Crippen LogP contribution in [0.1, 0.15) is 23.2 Å². The molecular weight excluding hydrogens is 392 g/mol. The normalized spacial score (nSPS) is 20.6. The Morgan fingerprint density at radius 2 is 1.69 bits per heavy atom. The quantitative estimate of drug-likeness (QED) is 0.405. The number of rotatable bonds is 2. The van der Waals surface area contributed by atoms with Crippen molar-refractivity contribution in [2.75, 3.05) is 6.54 Å². The fourth-order valence-corrected chi connectivity index (χ4v) is 4.17. The molecule has 2 aromatic carbocycles. The number of H-pyrrole nitrogens is 2. The van der Waals surface area contributed by atoms with Crippen molar-refractivity contribution in [2.24, 2.45) is 0 Å². The number of para-hydroxylation sites is 1. The summed E-state index contributed by atoms with van der Waals surface area (Å²) in [5.41, 5.74) is 4.26. The maximum absolute atomic E-state index is 12.6. The van der Waals surface area contributed by atoms with Gasteiger partial charge in [0, 0.05) is 50.8 Å². The van der Waals surface area contributed by atoms with E-state index in [1.54, 1.807) is 0 Å². The molecule has 130 valence electrons. The number of amides is 1. The van der Waals surface area contributed by atoms with Crippen LogP contribution < -0.4 is 10.6 Å². The molecule has 26 heavy (non-hydrogen) atoms. The number of carbonyl (C=O) groups is 1. The third kappa shape index (κ3) is 2.45.